The first-order valence-corrected chi connectivity index (χ1v) is 12.8. The normalized spacial score (nSPS) is 14.2. The molecule has 1 saturated carbocycles. The molecule has 0 bridgehead atoms. The molecule has 33 heavy (non-hydrogen) atoms. The van der Waals surface area contributed by atoms with Crippen molar-refractivity contribution in [2.75, 3.05) is 6.54 Å². The molecular formula is C24H34ClN5O2S. The largest absolute Gasteiger partial charge is 0.356 e. The van der Waals surface area contributed by atoms with Crippen molar-refractivity contribution in [3.63, 3.8) is 0 Å². The Hall–Kier alpha value is -2.19. The molecule has 3 rings (SSSR count). The lowest BCUT2D eigenvalue weighted by molar-refractivity contribution is -0.123. The van der Waals surface area contributed by atoms with Gasteiger partial charge in [0.15, 0.2) is 10.6 Å². The van der Waals surface area contributed by atoms with Crippen LogP contribution in [0, 0.1) is 4.77 Å². The van der Waals surface area contributed by atoms with Gasteiger partial charge in [0.1, 0.15) is 0 Å². The number of aromatic nitrogens is 3. The van der Waals surface area contributed by atoms with Crippen LogP contribution >= 0.6 is 23.8 Å². The summed E-state index contributed by atoms with van der Waals surface area (Å²) in [6.45, 7) is 3.63. The van der Waals surface area contributed by atoms with Gasteiger partial charge in [-0.3, -0.25) is 14.2 Å². The first-order valence-electron chi connectivity index (χ1n) is 12.0. The second-order valence-corrected chi connectivity index (χ2v) is 9.40. The summed E-state index contributed by atoms with van der Waals surface area (Å²) < 4.78 is 4.34. The second-order valence-electron chi connectivity index (χ2n) is 8.59. The van der Waals surface area contributed by atoms with E-state index in [1.165, 1.54) is 19.3 Å². The molecule has 1 aliphatic carbocycles. The second kappa shape index (κ2) is 12.9. The molecule has 0 radical (unpaired) electrons. The third-order valence-electron chi connectivity index (χ3n) is 5.96. The molecule has 0 atom stereocenters. The van der Waals surface area contributed by atoms with E-state index in [1.807, 2.05) is 28.8 Å². The third kappa shape index (κ3) is 7.67. The molecule has 180 valence electrons. The summed E-state index contributed by atoms with van der Waals surface area (Å²) in [5, 5.41) is 11.3. The van der Waals surface area contributed by atoms with E-state index in [0.29, 0.717) is 35.3 Å². The van der Waals surface area contributed by atoms with Gasteiger partial charge in [-0.2, -0.15) is 5.10 Å². The van der Waals surface area contributed by atoms with Gasteiger partial charge in [-0.15, -0.1) is 0 Å². The van der Waals surface area contributed by atoms with Crippen LogP contribution < -0.4 is 10.6 Å². The number of unbranched alkanes of at least 4 members (excludes halogenated alkanes) is 1. The Kier molecular flexibility index (Phi) is 9.94. The minimum atomic E-state index is -0.112. The van der Waals surface area contributed by atoms with Gasteiger partial charge >= 0.3 is 0 Å². The zero-order chi connectivity index (χ0) is 23.6. The summed E-state index contributed by atoms with van der Waals surface area (Å²) in [5.74, 6) is 0.676. The summed E-state index contributed by atoms with van der Waals surface area (Å²) in [6.07, 6.45) is 8.31. The van der Waals surface area contributed by atoms with Crippen molar-refractivity contribution in [1.29, 1.82) is 0 Å². The Balaban J connectivity index is 1.52. The van der Waals surface area contributed by atoms with E-state index in [-0.39, 0.29) is 18.2 Å². The maximum absolute atomic E-state index is 12.3. The summed E-state index contributed by atoms with van der Waals surface area (Å²) >= 11 is 11.7. The standard InChI is InChI=1S/C24H34ClN5O2S/c1-2-3-16-29-23(18-9-11-19(25)12-10-18)28-30(24(29)33)17-14-21(31)26-15-13-22(32)27-20-7-5-4-6-8-20/h9-12,20H,2-8,13-17H2,1H3,(H,26,31)(H,27,32). The average molecular weight is 492 g/mol. The lowest BCUT2D eigenvalue weighted by Crippen LogP contribution is -2.38. The Morgan fingerprint density at radius 2 is 1.82 bits per heavy atom. The molecule has 1 fully saturated rings. The van der Waals surface area contributed by atoms with Crippen LogP contribution in [0.2, 0.25) is 5.02 Å². The number of amides is 2. The number of hydrogen-bond acceptors (Lipinski definition) is 4. The maximum atomic E-state index is 12.3. The van der Waals surface area contributed by atoms with E-state index in [9.17, 15) is 9.59 Å². The number of carbonyl (C=O) groups excluding carboxylic acids is 2. The van der Waals surface area contributed by atoms with E-state index in [4.69, 9.17) is 28.9 Å². The van der Waals surface area contributed by atoms with Crippen molar-refractivity contribution in [1.82, 2.24) is 25.0 Å². The third-order valence-corrected chi connectivity index (χ3v) is 6.64. The number of nitrogens with zero attached hydrogens (tertiary/aromatic N) is 3. The zero-order valence-electron chi connectivity index (χ0n) is 19.3. The molecule has 1 aliphatic rings. The van der Waals surface area contributed by atoms with E-state index in [2.05, 4.69) is 17.6 Å². The number of benzene rings is 1. The first-order chi connectivity index (χ1) is 16.0. The highest BCUT2D eigenvalue weighted by molar-refractivity contribution is 7.71. The van der Waals surface area contributed by atoms with Crippen molar-refractivity contribution < 1.29 is 9.59 Å². The smallest absolute Gasteiger partial charge is 0.221 e. The quantitative estimate of drug-likeness (QED) is 0.439. The van der Waals surface area contributed by atoms with E-state index < -0.39 is 0 Å². The number of carbonyl (C=O) groups is 2. The highest BCUT2D eigenvalue weighted by Crippen LogP contribution is 2.22. The number of hydrogen-bond donors (Lipinski definition) is 2. The lowest BCUT2D eigenvalue weighted by Gasteiger charge is -2.22. The molecule has 9 heteroatoms. The first kappa shape index (κ1) is 25.4. The molecule has 0 unspecified atom stereocenters. The van der Waals surface area contributed by atoms with Crippen molar-refractivity contribution in [3.05, 3.63) is 34.1 Å². The van der Waals surface area contributed by atoms with Gasteiger partial charge in [0, 0.05) is 42.6 Å². The Morgan fingerprint density at radius 3 is 2.52 bits per heavy atom. The number of halogens is 1. The van der Waals surface area contributed by atoms with Crippen LogP contribution in [0.3, 0.4) is 0 Å². The maximum Gasteiger partial charge on any atom is 0.221 e. The predicted octanol–water partition coefficient (Wildman–Crippen LogP) is 4.88. The van der Waals surface area contributed by atoms with E-state index >= 15 is 0 Å². The van der Waals surface area contributed by atoms with Crippen molar-refractivity contribution in [2.45, 2.75) is 83.8 Å². The monoisotopic (exact) mass is 491 g/mol. The van der Waals surface area contributed by atoms with Gasteiger partial charge in [0.25, 0.3) is 0 Å². The molecule has 2 aromatic rings. The predicted molar refractivity (Wildman–Crippen MR) is 134 cm³/mol. The molecular weight excluding hydrogens is 458 g/mol. The summed E-state index contributed by atoms with van der Waals surface area (Å²) in [4.78, 5) is 24.4. The molecule has 1 heterocycles. The summed E-state index contributed by atoms with van der Waals surface area (Å²) in [7, 11) is 0. The van der Waals surface area contributed by atoms with Crippen LogP contribution in [0.1, 0.15) is 64.7 Å². The fraction of sp³-hybridized carbons (Fsp3) is 0.583. The number of aryl methyl sites for hydroxylation is 1. The molecule has 1 aromatic heterocycles. The van der Waals surface area contributed by atoms with Crippen LogP contribution in [-0.2, 0) is 22.7 Å². The lowest BCUT2D eigenvalue weighted by atomic mass is 9.95. The molecule has 2 N–H and O–H groups in total. The summed E-state index contributed by atoms with van der Waals surface area (Å²) in [6, 6.07) is 7.82. The van der Waals surface area contributed by atoms with Gasteiger partial charge in [0.05, 0.1) is 6.54 Å². The van der Waals surface area contributed by atoms with Crippen LogP contribution in [-0.4, -0.2) is 38.7 Å². The van der Waals surface area contributed by atoms with Gasteiger partial charge in [-0.1, -0.05) is 44.2 Å². The zero-order valence-corrected chi connectivity index (χ0v) is 20.9. The van der Waals surface area contributed by atoms with Crippen molar-refractivity contribution in [3.8, 4) is 11.4 Å². The fourth-order valence-corrected chi connectivity index (χ4v) is 4.51. The van der Waals surface area contributed by atoms with Gasteiger partial charge in [-0.05, 0) is 55.7 Å². The Morgan fingerprint density at radius 1 is 1.09 bits per heavy atom. The van der Waals surface area contributed by atoms with Crippen LogP contribution in [0.4, 0.5) is 0 Å². The molecule has 1 aromatic carbocycles. The minimum Gasteiger partial charge on any atom is -0.356 e. The average Bonchev–Trinajstić information content (AvgIpc) is 3.12. The van der Waals surface area contributed by atoms with Crippen molar-refractivity contribution in [2.24, 2.45) is 0 Å². The number of nitrogens with one attached hydrogen (secondary N) is 2. The Labute approximate surface area is 205 Å². The topological polar surface area (TPSA) is 81.0 Å². The minimum absolute atomic E-state index is 0.00620. The van der Waals surface area contributed by atoms with Crippen LogP contribution in [0.25, 0.3) is 11.4 Å². The van der Waals surface area contributed by atoms with Crippen LogP contribution in [0.5, 0.6) is 0 Å². The summed E-state index contributed by atoms with van der Waals surface area (Å²) in [5.41, 5.74) is 0.939. The SMILES string of the molecule is CCCCn1c(-c2ccc(Cl)cc2)nn(CCC(=O)NCCC(=O)NC2CCCCC2)c1=S. The molecule has 0 saturated heterocycles. The van der Waals surface area contributed by atoms with Gasteiger partial charge in [-0.25, -0.2) is 4.68 Å². The molecule has 0 spiro atoms. The highest BCUT2D eigenvalue weighted by Gasteiger charge is 2.16. The number of rotatable bonds is 11. The van der Waals surface area contributed by atoms with Crippen molar-refractivity contribution >= 4 is 35.6 Å². The van der Waals surface area contributed by atoms with E-state index in [0.717, 1.165) is 43.6 Å². The van der Waals surface area contributed by atoms with E-state index in [1.54, 1.807) is 4.68 Å². The fourth-order valence-electron chi connectivity index (χ4n) is 4.08. The molecule has 2 amide bonds. The highest BCUT2D eigenvalue weighted by atomic mass is 35.5. The molecule has 0 aliphatic heterocycles. The van der Waals surface area contributed by atoms with Crippen LogP contribution in [0.15, 0.2) is 24.3 Å². The Bertz CT molecular complexity index is 980. The van der Waals surface area contributed by atoms with Gasteiger partial charge in [0.2, 0.25) is 11.8 Å². The molecule has 7 nitrogen and oxygen atoms in total. The van der Waals surface area contributed by atoms with Gasteiger partial charge < -0.3 is 10.6 Å².